The minimum Gasteiger partial charge on any atom is -0.461 e. The molecule has 2 heterocycles. The van der Waals surface area contributed by atoms with Gasteiger partial charge in [0.05, 0.1) is 12.3 Å². The Kier molecular flexibility index (Phi) is 6.43. The van der Waals surface area contributed by atoms with Crippen LogP contribution in [0.2, 0.25) is 0 Å². The molecule has 1 N–H and O–H groups in total. The number of carbonyl (C=O) groups excluding carboxylic acids is 2. The molecule has 0 radical (unpaired) electrons. The molecule has 0 bridgehead atoms. The molecule has 160 valence electrons. The molecular formula is C24H26N4O3. The van der Waals surface area contributed by atoms with Gasteiger partial charge < -0.3 is 10.1 Å². The standard InChI is InChI=1S/C24H26N4O3/c1-2-31-24(30)21-14-17-28(26-21)20-12-10-19(11-13-20)25-23(29)22(27-15-6-7-16-27)18-8-4-3-5-9-18/h3-5,8-14,17,22H,2,6-7,15-16H2,1H3,(H,25,29). The third kappa shape index (κ3) is 4.83. The molecule has 1 aliphatic heterocycles. The van der Waals surface area contributed by atoms with E-state index in [-0.39, 0.29) is 17.6 Å². The number of nitrogens with one attached hydrogen (secondary N) is 1. The molecule has 1 atom stereocenters. The number of anilines is 1. The van der Waals surface area contributed by atoms with Crippen LogP contribution in [0.1, 0.15) is 41.9 Å². The summed E-state index contributed by atoms with van der Waals surface area (Å²) in [5.41, 5.74) is 2.76. The molecule has 1 amide bonds. The minimum atomic E-state index is -0.445. The topological polar surface area (TPSA) is 76.5 Å². The van der Waals surface area contributed by atoms with E-state index in [9.17, 15) is 9.59 Å². The van der Waals surface area contributed by atoms with Gasteiger partial charge in [-0.25, -0.2) is 9.48 Å². The van der Waals surface area contributed by atoms with Crippen LogP contribution in [0.3, 0.4) is 0 Å². The first-order chi connectivity index (χ1) is 15.2. The molecule has 1 fully saturated rings. The van der Waals surface area contributed by atoms with E-state index in [1.54, 1.807) is 23.9 Å². The second-order valence-electron chi connectivity index (χ2n) is 7.46. The molecule has 0 spiro atoms. The van der Waals surface area contributed by atoms with Gasteiger partial charge in [-0.15, -0.1) is 0 Å². The Labute approximate surface area is 181 Å². The molecule has 0 aliphatic carbocycles. The van der Waals surface area contributed by atoms with Crippen molar-refractivity contribution >= 4 is 17.6 Å². The van der Waals surface area contributed by atoms with Crippen molar-refractivity contribution in [1.29, 1.82) is 0 Å². The number of nitrogens with zero attached hydrogens (tertiary/aromatic N) is 3. The predicted octanol–water partition coefficient (Wildman–Crippen LogP) is 3.82. The molecule has 7 heteroatoms. The first-order valence-electron chi connectivity index (χ1n) is 10.6. The molecule has 1 aromatic heterocycles. The summed E-state index contributed by atoms with van der Waals surface area (Å²) in [4.78, 5) is 27.2. The molecule has 1 saturated heterocycles. The highest BCUT2D eigenvalue weighted by Crippen LogP contribution is 2.27. The first-order valence-corrected chi connectivity index (χ1v) is 10.6. The van der Waals surface area contributed by atoms with Crippen molar-refractivity contribution in [3.05, 3.63) is 78.1 Å². The molecule has 1 unspecified atom stereocenters. The van der Waals surface area contributed by atoms with Crippen LogP contribution >= 0.6 is 0 Å². The molecule has 31 heavy (non-hydrogen) atoms. The van der Waals surface area contributed by atoms with Crippen LogP contribution in [0.25, 0.3) is 5.69 Å². The third-order valence-corrected chi connectivity index (χ3v) is 5.34. The summed E-state index contributed by atoms with van der Waals surface area (Å²) in [5, 5.41) is 7.31. The van der Waals surface area contributed by atoms with Gasteiger partial charge in [0.25, 0.3) is 0 Å². The Morgan fingerprint density at radius 1 is 1.03 bits per heavy atom. The maximum Gasteiger partial charge on any atom is 0.358 e. The number of rotatable bonds is 7. The summed E-state index contributed by atoms with van der Waals surface area (Å²) < 4.78 is 6.58. The SMILES string of the molecule is CCOC(=O)c1ccn(-c2ccc(NC(=O)C(c3ccccc3)N3CCCC3)cc2)n1. The van der Waals surface area contributed by atoms with Crippen LogP contribution in [0.5, 0.6) is 0 Å². The third-order valence-electron chi connectivity index (χ3n) is 5.34. The quantitative estimate of drug-likeness (QED) is 0.590. The van der Waals surface area contributed by atoms with Crippen LogP contribution in [-0.4, -0.2) is 46.3 Å². The van der Waals surface area contributed by atoms with E-state index in [0.29, 0.717) is 12.3 Å². The zero-order valence-corrected chi connectivity index (χ0v) is 17.5. The van der Waals surface area contributed by atoms with Gasteiger partial charge in [0.1, 0.15) is 6.04 Å². The van der Waals surface area contributed by atoms with E-state index in [1.807, 2.05) is 54.6 Å². The van der Waals surface area contributed by atoms with Gasteiger partial charge in [-0.05, 0) is 68.8 Å². The van der Waals surface area contributed by atoms with Gasteiger partial charge >= 0.3 is 5.97 Å². The van der Waals surface area contributed by atoms with Crippen LogP contribution in [0.4, 0.5) is 5.69 Å². The maximum absolute atomic E-state index is 13.2. The first kappa shape index (κ1) is 20.8. The zero-order valence-electron chi connectivity index (χ0n) is 17.5. The number of hydrogen-bond donors (Lipinski definition) is 1. The van der Waals surface area contributed by atoms with Gasteiger partial charge in [0.2, 0.25) is 5.91 Å². The van der Waals surface area contributed by atoms with Crippen LogP contribution < -0.4 is 5.32 Å². The van der Waals surface area contributed by atoms with Crippen molar-refractivity contribution in [1.82, 2.24) is 14.7 Å². The Morgan fingerprint density at radius 3 is 2.42 bits per heavy atom. The molecule has 3 aromatic rings. The van der Waals surface area contributed by atoms with Crippen LogP contribution in [0.15, 0.2) is 66.9 Å². The number of carbonyl (C=O) groups is 2. The van der Waals surface area contributed by atoms with Crippen molar-refractivity contribution in [3.63, 3.8) is 0 Å². The van der Waals surface area contributed by atoms with E-state index in [0.717, 1.165) is 37.2 Å². The number of benzene rings is 2. The number of ether oxygens (including phenoxy) is 1. The largest absolute Gasteiger partial charge is 0.461 e. The van der Waals surface area contributed by atoms with E-state index in [4.69, 9.17) is 4.74 Å². The van der Waals surface area contributed by atoms with E-state index < -0.39 is 5.97 Å². The second kappa shape index (κ2) is 9.57. The van der Waals surface area contributed by atoms with E-state index in [2.05, 4.69) is 15.3 Å². The Bertz CT molecular complexity index is 1020. The Morgan fingerprint density at radius 2 is 1.74 bits per heavy atom. The molecular weight excluding hydrogens is 392 g/mol. The van der Waals surface area contributed by atoms with Crippen molar-refractivity contribution in [2.75, 3.05) is 25.0 Å². The highest BCUT2D eigenvalue weighted by Gasteiger charge is 2.29. The molecule has 1 aliphatic rings. The summed E-state index contributed by atoms with van der Waals surface area (Å²) in [7, 11) is 0. The highest BCUT2D eigenvalue weighted by molar-refractivity contribution is 5.95. The summed E-state index contributed by atoms with van der Waals surface area (Å²) in [5.74, 6) is -0.483. The molecule has 2 aromatic carbocycles. The summed E-state index contributed by atoms with van der Waals surface area (Å²) in [6.07, 6.45) is 3.94. The number of amides is 1. The average Bonchev–Trinajstić information content (AvgIpc) is 3.48. The summed E-state index contributed by atoms with van der Waals surface area (Å²) >= 11 is 0. The average molecular weight is 418 g/mol. The lowest BCUT2D eigenvalue weighted by molar-refractivity contribution is -0.121. The number of aromatic nitrogens is 2. The van der Waals surface area contributed by atoms with Gasteiger partial charge in [0.15, 0.2) is 5.69 Å². The fraction of sp³-hybridized carbons (Fsp3) is 0.292. The molecule has 4 rings (SSSR count). The van der Waals surface area contributed by atoms with Crippen molar-refractivity contribution in [3.8, 4) is 5.69 Å². The molecule has 7 nitrogen and oxygen atoms in total. The van der Waals surface area contributed by atoms with E-state index in [1.165, 1.54) is 0 Å². The molecule has 0 saturated carbocycles. The normalized spacial score (nSPS) is 14.9. The van der Waals surface area contributed by atoms with Gasteiger partial charge in [-0.2, -0.15) is 5.10 Å². The lowest BCUT2D eigenvalue weighted by atomic mass is 10.0. The lowest BCUT2D eigenvalue weighted by Gasteiger charge is -2.27. The summed E-state index contributed by atoms with van der Waals surface area (Å²) in [6.45, 7) is 3.91. The number of likely N-dealkylation sites (tertiary alicyclic amines) is 1. The Hall–Kier alpha value is -3.45. The minimum absolute atomic E-state index is 0.0375. The number of esters is 1. The fourth-order valence-electron chi connectivity index (χ4n) is 3.85. The Balaban J connectivity index is 1.47. The van der Waals surface area contributed by atoms with Crippen LogP contribution in [-0.2, 0) is 9.53 Å². The lowest BCUT2D eigenvalue weighted by Crippen LogP contribution is -2.35. The van der Waals surface area contributed by atoms with Crippen LogP contribution in [0, 0.1) is 0 Å². The van der Waals surface area contributed by atoms with Crippen molar-refractivity contribution < 1.29 is 14.3 Å². The second-order valence-corrected chi connectivity index (χ2v) is 7.46. The smallest absolute Gasteiger partial charge is 0.358 e. The summed E-state index contributed by atoms with van der Waals surface area (Å²) in [6, 6.07) is 18.6. The number of hydrogen-bond acceptors (Lipinski definition) is 5. The van der Waals surface area contributed by atoms with Gasteiger partial charge in [0, 0.05) is 11.9 Å². The highest BCUT2D eigenvalue weighted by atomic mass is 16.5. The van der Waals surface area contributed by atoms with Gasteiger partial charge in [-0.3, -0.25) is 9.69 Å². The zero-order chi connectivity index (χ0) is 21.6. The monoisotopic (exact) mass is 418 g/mol. The van der Waals surface area contributed by atoms with Gasteiger partial charge in [-0.1, -0.05) is 30.3 Å². The predicted molar refractivity (Wildman–Crippen MR) is 118 cm³/mol. The van der Waals surface area contributed by atoms with Crippen molar-refractivity contribution in [2.24, 2.45) is 0 Å². The fourth-order valence-corrected chi connectivity index (χ4v) is 3.85. The van der Waals surface area contributed by atoms with Crippen molar-refractivity contribution in [2.45, 2.75) is 25.8 Å². The van der Waals surface area contributed by atoms with E-state index >= 15 is 0 Å². The maximum atomic E-state index is 13.2.